The Morgan fingerprint density at radius 1 is 1.00 bits per heavy atom. The second-order valence-electron chi connectivity index (χ2n) is 6.82. The van der Waals surface area contributed by atoms with Crippen molar-refractivity contribution in [2.24, 2.45) is 0 Å². The third-order valence-corrected chi connectivity index (χ3v) is 4.04. The molecule has 2 aromatic heterocycles. The van der Waals surface area contributed by atoms with Crippen molar-refractivity contribution in [3.63, 3.8) is 0 Å². The highest BCUT2D eigenvalue weighted by molar-refractivity contribution is 9.10. The molecule has 0 saturated carbocycles. The standard InChI is InChI=1S/C19H19BrFN5/c1-19(2,3)26-18-24-16(12-6-8-22-9-7-12)11-17(25-18)23-15-5-4-13(21)10-14(15)20/h4-11H,1-3H3,(H2,23,24,25,26). The lowest BCUT2D eigenvalue weighted by molar-refractivity contribution is 0.626. The maximum Gasteiger partial charge on any atom is 0.225 e. The minimum atomic E-state index is -0.308. The molecule has 0 radical (unpaired) electrons. The maximum absolute atomic E-state index is 13.3. The van der Waals surface area contributed by atoms with E-state index in [1.54, 1.807) is 18.5 Å². The zero-order chi connectivity index (χ0) is 18.7. The van der Waals surface area contributed by atoms with Crippen LogP contribution in [0, 0.1) is 5.82 Å². The van der Waals surface area contributed by atoms with E-state index in [2.05, 4.69) is 41.5 Å². The summed E-state index contributed by atoms with van der Waals surface area (Å²) in [6, 6.07) is 10.1. The van der Waals surface area contributed by atoms with Gasteiger partial charge in [0.1, 0.15) is 11.6 Å². The molecule has 26 heavy (non-hydrogen) atoms. The predicted octanol–water partition coefficient (Wildman–Crippen LogP) is 5.39. The average molecular weight is 416 g/mol. The molecule has 2 N–H and O–H groups in total. The molecule has 0 aliphatic carbocycles. The van der Waals surface area contributed by atoms with Crippen LogP contribution in [-0.2, 0) is 0 Å². The first-order valence-corrected chi connectivity index (χ1v) is 8.89. The van der Waals surface area contributed by atoms with Gasteiger partial charge in [0, 0.05) is 34.0 Å². The molecule has 3 rings (SSSR count). The van der Waals surface area contributed by atoms with Crippen molar-refractivity contribution in [3.8, 4) is 11.3 Å². The molecule has 0 unspecified atom stereocenters. The summed E-state index contributed by atoms with van der Waals surface area (Å²) >= 11 is 3.37. The summed E-state index contributed by atoms with van der Waals surface area (Å²) in [5.41, 5.74) is 2.22. The number of benzene rings is 1. The summed E-state index contributed by atoms with van der Waals surface area (Å²) in [5, 5.41) is 6.51. The van der Waals surface area contributed by atoms with Gasteiger partial charge in [0.25, 0.3) is 0 Å². The summed E-state index contributed by atoms with van der Waals surface area (Å²) in [7, 11) is 0. The van der Waals surface area contributed by atoms with Gasteiger partial charge in [-0.1, -0.05) is 0 Å². The van der Waals surface area contributed by atoms with Gasteiger partial charge in [0.05, 0.1) is 11.4 Å². The fourth-order valence-corrected chi connectivity index (χ4v) is 2.75. The number of halogens is 2. The Balaban J connectivity index is 2.01. The number of pyridine rings is 1. The van der Waals surface area contributed by atoms with Crippen molar-refractivity contribution >= 4 is 33.4 Å². The van der Waals surface area contributed by atoms with E-state index >= 15 is 0 Å². The van der Waals surface area contributed by atoms with Crippen molar-refractivity contribution in [1.29, 1.82) is 0 Å². The second kappa shape index (κ2) is 7.37. The summed E-state index contributed by atoms with van der Waals surface area (Å²) in [6.07, 6.45) is 3.44. The fourth-order valence-electron chi connectivity index (χ4n) is 2.30. The largest absolute Gasteiger partial charge is 0.350 e. The quantitative estimate of drug-likeness (QED) is 0.597. The molecule has 0 atom stereocenters. The first-order chi connectivity index (χ1) is 12.3. The Labute approximate surface area is 160 Å². The van der Waals surface area contributed by atoms with Gasteiger partial charge < -0.3 is 10.6 Å². The number of hydrogen-bond acceptors (Lipinski definition) is 5. The monoisotopic (exact) mass is 415 g/mol. The molecule has 0 bridgehead atoms. The lowest BCUT2D eigenvalue weighted by Crippen LogP contribution is -2.27. The molecule has 1 aromatic carbocycles. The van der Waals surface area contributed by atoms with Crippen LogP contribution >= 0.6 is 15.9 Å². The van der Waals surface area contributed by atoms with E-state index in [1.165, 1.54) is 12.1 Å². The van der Waals surface area contributed by atoms with Crippen molar-refractivity contribution in [3.05, 3.63) is 59.1 Å². The molecule has 134 valence electrons. The number of aromatic nitrogens is 3. The second-order valence-corrected chi connectivity index (χ2v) is 7.68. The lowest BCUT2D eigenvalue weighted by atomic mass is 10.1. The lowest BCUT2D eigenvalue weighted by Gasteiger charge is -2.21. The Morgan fingerprint density at radius 3 is 2.38 bits per heavy atom. The highest BCUT2D eigenvalue weighted by atomic mass is 79.9. The van der Waals surface area contributed by atoms with Crippen molar-refractivity contribution in [2.45, 2.75) is 26.3 Å². The van der Waals surface area contributed by atoms with E-state index in [1.807, 2.05) is 39.0 Å². The van der Waals surface area contributed by atoms with Crippen LogP contribution in [0.15, 0.2) is 53.3 Å². The summed E-state index contributed by atoms with van der Waals surface area (Å²) in [5.74, 6) is 0.802. The van der Waals surface area contributed by atoms with Gasteiger partial charge in [-0.2, -0.15) is 4.98 Å². The van der Waals surface area contributed by atoms with Crippen molar-refractivity contribution in [1.82, 2.24) is 15.0 Å². The van der Waals surface area contributed by atoms with Crippen LogP contribution in [0.25, 0.3) is 11.3 Å². The Morgan fingerprint density at radius 2 is 1.73 bits per heavy atom. The highest BCUT2D eigenvalue weighted by Crippen LogP contribution is 2.28. The molecule has 3 aromatic rings. The minimum absolute atomic E-state index is 0.190. The number of hydrogen-bond donors (Lipinski definition) is 2. The molecule has 5 nitrogen and oxygen atoms in total. The van der Waals surface area contributed by atoms with Crippen LogP contribution in [0.5, 0.6) is 0 Å². The van der Waals surface area contributed by atoms with Crippen LogP contribution in [0.4, 0.5) is 21.8 Å². The molecule has 2 heterocycles. The number of nitrogens with one attached hydrogen (secondary N) is 2. The van der Waals surface area contributed by atoms with E-state index in [0.29, 0.717) is 21.9 Å². The molecule has 0 saturated heterocycles. The first kappa shape index (κ1) is 18.3. The van der Waals surface area contributed by atoms with Crippen LogP contribution in [0.2, 0.25) is 0 Å². The van der Waals surface area contributed by atoms with E-state index in [0.717, 1.165) is 11.3 Å². The van der Waals surface area contributed by atoms with E-state index in [9.17, 15) is 4.39 Å². The first-order valence-electron chi connectivity index (χ1n) is 8.10. The molecular weight excluding hydrogens is 397 g/mol. The van der Waals surface area contributed by atoms with Crippen molar-refractivity contribution in [2.75, 3.05) is 10.6 Å². The van der Waals surface area contributed by atoms with Crippen LogP contribution in [0.3, 0.4) is 0 Å². The molecule has 0 aliphatic rings. The topological polar surface area (TPSA) is 62.7 Å². The number of nitrogens with zero attached hydrogens (tertiary/aromatic N) is 3. The van der Waals surface area contributed by atoms with E-state index in [4.69, 9.17) is 0 Å². The van der Waals surface area contributed by atoms with Gasteiger partial charge in [-0.25, -0.2) is 9.37 Å². The maximum atomic E-state index is 13.3. The van der Waals surface area contributed by atoms with Gasteiger partial charge in [0.15, 0.2) is 0 Å². The highest BCUT2D eigenvalue weighted by Gasteiger charge is 2.14. The van der Waals surface area contributed by atoms with Gasteiger partial charge in [0.2, 0.25) is 5.95 Å². The van der Waals surface area contributed by atoms with E-state index < -0.39 is 0 Å². The van der Waals surface area contributed by atoms with Crippen LogP contribution in [0.1, 0.15) is 20.8 Å². The minimum Gasteiger partial charge on any atom is -0.350 e. The molecule has 7 heteroatoms. The summed E-state index contributed by atoms with van der Waals surface area (Å²) in [4.78, 5) is 13.2. The Kier molecular flexibility index (Phi) is 5.18. The zero-order valence-electron chi connectivity index (χ0n) is 14.7. The van der Waals surface area contributed by atoms with Crippen molar-refractivity contribution < 1.29 is 4.39 Å². The third-order valence-electron chi connectivity index (χ3n) is 3.38. The predicted molar refractivity (Wildman–Crippen MR) is 106 cm³/mol. The zero-order valence-corrected chi connectivity index (χ0v) is 16.3. The van der Waals surface area contributed by atoms with E-state index in [-0.39, 0.29) is 11.4 Å². The smallest absolute Gasteiger partial charge is 0.225 e. The molecular formula is C19H19BrFN5. The van der Waals surface area contributed by atoms with Gasteiger partial charge >= 0.3 is 0 Å². The fraction of sp³-hybridized carbons (Fsp3) is 0.211. The van der Waals surface area contributed by atoms with Crippen LogP contribution < -0.4 is 10.6 Å². The number of anilines is 3. The van der Waals surface area contributed by atoms with Gasteiger partial charge in [-0.15, -0.1) is 0 Å². The summed E-state index contributed by atoms with van der Waals surface area (Å²) < 4.78 is 13.9. The third kappa shape index (κ3) is 4.76. The molecule has 0 fully saturated rings. The van der Waals surface area contributed by atoms with Crippen LogP contribution in [-0.4, -0.2) is 20.5 Å². The molecule has 0 aliphatic heterocycles. The summed E-state index contributed by atoms with van der Waals surface area (Å²) in [6.45, 7) is 6.12. The Bertz CT molecular complexity index is 910. The van der Waals surface area contributed by atoms with Gasteiger partial charge in [-0.05, 0) is 67.0 Å². The normalized spacial score (nSPS) is 11.3. The average Bonchev–Trinajstić information content (AvgIpc) is 2.56. The molecule has 0 spiro atoms. The molecule has 0 amide bonds. The SMILES string of the molecule is CC(C)(C)Nc1nc(Nc2ccc(F)cc2Br)cc(-c2ccncc2)n1. The van der Waals surface area contributed by atoms with Gasteiger partial charge in [-0.3, -0.25) is 4.98 Å². The number of rotatable bonds is 4. The Hall–Kier alpha value is -2.54.